The summed E-state index contributed by atoms with van der Waals surface area (Å²) in [7, 11) is 2.72. The van der Waals surface area contributed by atoms with Crippen LogP contribution in [0.25, 0.3) is 0 Å². The zero-order valence-corrected chi connectivity index (χ0v) is 21.3. The summed E-state index contributed by atoms with van der Waals surface area (Å²) in [6, 6.07) is 7.45. The van der Waals surface area contributed by atoms with E-state index < -0.39 is 52.9 Å². The van der Waals surface area contributed by atoms with Crippen LogP contribution < -0.4 is 10.6 Å². The molecule has 3 aliphatic rings. The molecule has 0 bridgehead atoms. The predicted octanol–water partition coefficient (Wildman–Crippen LogP) is 1.90. The highest BCUT2D eigenvalue weighted by Gasteiger charge is 2.59. The predicted molar refractivity (Wildman–Crippen MR) is 132 cm³/mol. The van der Waals surface area contributed by atoms with E-state index in [1.54, 1.807) is 25.2 Å². The van der Waals surface area contributed by atoms with Gasteiger partial charge in [-0.25, -0.2) is 13.6 Å². The third-order valence-corrected chi connectivity index (χ3v) is 7.70. The molecule has 1 saturated carbocycles. The molecule has 1 atom stereocenters. The Morgan fingerprint density at radius 1 is 1.05 bits per heavy atom. The number of fused-ring (bicyclic) bond motifs is 1. The standard InChI is InChI=1S/C27H26F2N4O6/c1-32-25(38)31-22(35)27(32)11-16-3-4-20(9-17(16)12-27)30-21(34)14-33(13-15-7-18(28)10-19(29)8-15)23(36)26(5-6-26)24(37)39-2/h3-4,7-10H,5-6,11-14H2,1-2H3,(H,30,34)(H,31,35,38)/t27-/m0/s1. The first-order valence-corrected chi connectivity index (χ1v) is 12.3. The molecule has 0 unspecified atom stereocenters. The number of likely N-dealkylation sites (N-methyl/N-ethyl adjacent to an activating group) is 1. The van der Waals surface area contributed by atoms with Crippen LogP contribution in [0.4, 0.5) is 19.3 Å². The van der Waals surface area contributed by atoms with Gasteiger partial charge in [-0.3, -0.25) is 24.5 Å². The Morgan fingerprint density at radius 3 is 2.31 bits per heavy atom. The molecule has 204 valence electrons. The lowest BCUT2D eigenvalue weighted by Crippen LogP contribution is -2.48. The lowest BCUT2D eigenvalue weighted by atomic mass is 9.95. The average Bonchev–Trinajstić information content (AvgIpc) is 3.55. The van der Waals surface area contributed by atoms with Crippen molar-refractivity contribution < 1.29 is 37.5 Å². The zero-order valence-electron chi connectivity index (χ0n) is 21.3. The number of hydrogen-bond acceptors (Lipinski definition) is 6. The molecule has 39 heavy (non-hydrogen) atoms. The number of hydrogen-bond donors (Lipinski definition) is 2. The summed E-state index contributed by atoms with van der Waals surface area (Å²) in [6.07, 6.45) is 1.10. The fourth-order valence-electron chi connectivity index (χ4n) is 5.40. The zero-order chi connectivity index (χ0) is 28.1. The summed E-state index contributed by atoms with van der Waals surface area (Å²) < 4.78 is 32.4. The molecule has 2 N–H and O–H groups in total. The summed E-state index contributed by atoms with van der Waals surface area (Å²) >= 11 is 0. The molecule has 1 aliphatic heterocycles. The Balaban J connectivity index is 1.33. The molecular weight excluding hydrogens is 514 g/mol. The number of esters is 1. The van der Waals surface area contributed by atoms with Gasteiger partial charge >= 0.3 is 12.0 Å². The van der Waals surface area contributed by atoms with E-state index >= 15 is 0 Å². The number of carbonyl (C=O) groups is 5. The molecule has 5 rings (SSSR count). The number of urea groups is 1. The number of carbonyl (C=O) groups excluding carboxylic acids is 5. The number of nitrogens with zero attached hydrogens (tertiary/aromatic N) is 2. The second kappa shape index (κ2) is 9.44. The van der Waals surface area contributed by atoms with Gasteiger partial charge in [-0.2, -0.15) is 0 Å². The maximum absolute atomic E-state index is 13.8. The molecule has 0 aromatic heterocycles. The Hall–Kier alpha value is -4.35. The van der Waals surface area contributed by atoms with Crippen molar-refractivity contribution in [3.8, 4) is 0 Å². The fraction of sp³-hybridized carbons (Fsp3) is 0.370. The van der Waals surface area contributed by atoms with Crippen LogP contribution in [0.2, 0.25) is 0 Å². The summed E-state index contributed by atoms with van der Waals surface area (Å²) in [6.45, 7) is -0.793. The van der Waals surface area contributed by atoms with Gasteiger partial charge in [0.05, 0.1) is 7.11 Å². The van der Waals surface area contributed by atoms with Gasteiger partial charge in [0.15, 0.2) is 0 Å². The lowest BCUT2D eigenvalue weighted by molar-refractivity contribution is -0.157. The van der Waals surface area contributed by atoms with Gasteiger partial charge in [-0.15, -0.1) is 0 Å². The number of ether oxygens (including phenoxy) is 1. The number of amides is 5. The van der Waals surface area contributed by atoms with Crippen molar-refractivity contribution in [1.82, 2.24) is 15.1 Å². The van der Waals surface area contributed by atoms with E-state index in [1.165, 1.54) is 4.90 Å². The second-order valence-electron chi connectivity index (χ2n) is 10.2. The third-order valence-electron chi connectivity index (χ3n) is 7.70. The highest BCUT2D eigenvalue weighted by molar-refractivity contribution is 6.08. The van der Waals surface area contributed by atoms with Gasteiger partial charge in [0, 0.05) is 38.2 Å². The monoisotopic (exact) mass is 540 g/mol. The Bertz CT molecular complexity index is 1400. The maximum Gasteiger partial charge on any atom is 0.324 e. The van der Waals surface area contributed by atoms with E-state index in [4.69, 9.17) is 4.74 Å². The molecule has 2 fully saturated rings. The van der Waals surface area contributed by atoms with Crippen LogP contribution in [0.5, 0.6) is 0 Å². The van der Waals surface area contributed by atoms with E-state index in [0.29, 0.717) is 18.2 Å². The maximum atomic E-state index is 13.8. The third kappa shape index (κ3) is 4.59. The quantitative estimate of drug-likeness (QED) is 0.314. The normalized spacial score (nSPS) is 20.5. The van der Waals surface area contributed by atoms with Crippen molar-refractivity contribution in [2.75, 3.05) is 26.0 Å². The van der Waals surface area contributed by atoms with Crippen LogP contribution in [0.15, 0.2) is 36.4 Å². The van der Waals surface area contributed by atoms with E-state index in [2.05, 4.69) is 10.6 Å². The van der Waals surface area contributed by atoms with Crippen LogP contribution in [-0.4, -0.2) is 65.8 Å². The Kier molecular flexibility index (Phi) is 6.36. The van der Waals surface area contributed by atoms with E-state index in [9.17, 15) is 32.8 Å². The average molecular weight is 541 g/mol. The van der Waals surface area contributed by atoms with Crippen LogP contribution in [-0.2, 0) is 43.3 Å². The number of rotatable bonds is 7. The molecule has 1 heterocycles. The number of anilines is 1. The minimum atomic E-state index is -1.42. The van der Waals surface area contributed by atoms with Gasteiger partial charge in [0.1, 0.15) is 29.1 Å². The van der Waals surface area contributed by atoms with Crippen molar-refractivity contribution in [2.24, 2.45) is 5.41 Å². The number of methoxy groups -OCH3 is 1. The summed E-state index contributed by atoms with van der Waals surface area (Å²) in [5, 5.41) is 5.04. The molecule has 10 nitrogen and oxygen atoms in total. The van der Waals surface area contributed by atoms with Crippen molar-refractivity contribution in [3.63, 3.8) is 0 Å². The first-order valence-electron chi connectivity index (χ1n) is 12.3. The number of nitrogens with one attached hydrogen (secondary N) is 2. The number of halogens is 2. The topological polar surface area (TPSA) is 125 Å². The van der Waals surface area contributed by atoms with Gasteiger partial charge in [0.25, 0.3) is 5.91 Å². The van der Waals surface area contributed by atoms with Crippen molar-refractivity contribution in [1.29, 1.82) is 0 Å². The molecule has 0 radical (unpaired) electrons. The van der Waals surface area contributed by atoms with Crippen molar-refractivity contribution >= 4 is 35.4 Å². The van der Waals surface area contributed by atoms with Crippen LogP contribution >= 0.6 is 0 Å². The van der Waals surface area contributed by atoms with Crippen molar-refractivity contribution in [3.05, 3.63) is 64.7 Å². The molecular formula is C27H26F2N4O6. The van der Waals surface area contributed by atoms with Gasteiger partial charge in [-0.05, 0) is 53.8 Å². The Morgan fingerprint density at radius 2 is 1.72 bits per heavy atom. The molecule has 12 heteroatoms. The van der Waals surface area contributed by atoms with E-state index in [0.717, 1.165) is 35.3 Å². The number of imide groups is 1. The van der Waals surface area contributed by atoms with Gasteiger partial charge in [-0.1, -0.05) is 6.07 Å². The highest BCUT2D eigenvalue weighted by Crippen LogP contribution is 2.48. The Labute approximate surface area is 222 Å². The van der Waals surface area contributed by atoms with E-state index in [1.807, 2.05) is 0 Å². The van der Waals surface area contributed by atoms with E-state index in [-0.39, 0.29) is 37.3 Å². The molecule has 1 spiro atoms. The first-order chi connectivity index (χ1) is 18.5. The second-order valence-corrected chi connectivity index (χ2v) is 10.2. The molecule has 2 aromatic carbocycles. The van der Waals surface area contributed by atoms with Crippen LogP contribution in [0.1, 0.15) is 29.5 Å². The van der Waals surface area contributed by atoms with Gasteiger partial charge in [0.2, 0.25) is 11.8 Å². The summed E-state index contributed by atoms with van der Waals surface area (Å²) in [5.41, 5.74) is -0.266. The summed E-state index contributed by atoms with van der Waals surface area (Å²) in [4.78, 5) is 65.7. The summed E-state index contributed by atoms with van der Waals surface area (Å²) in [5.74, 6) is -4.04. The number of benzene rings is 2. The van der Waals surface area contributed by atoms with Crippen molar-refractivity contribution in [2.45, 2.75) is 37.8 Å². The van der Waals surface area contributed by atoms with Crippen LogP contribution in [0.3, 0.4) is 0 Å². The molecule has 5 amide bonds. The SMILES string of the molecule is COC(=O)C1(C(=O)N(CC(=O)Nc2ccc3c(c2)C[C@@]2(C3)C(=O)NC(=O)N2C)Cc2cc(F)cc(F)c2)CC1. The van der Waals surface area contributed by atoms with Gasteiger partial charge < -0.3 is 19.9 Å². The molecule has 2 aromatic rings. The highest BCUT2D eigenvalue weighted by atomic mass is 19.1. The fourth-order valence-corrected chi connectivity index (χ4v) is 5.40. The molecule has 1 saturated heterocycles. The lowest BCUT2D eigenvalue weighted by Gasteiger charge is -2.27. The first kappa shape index (κ1) is 26.3. The van der Waals surface area contributed by atoms with Crippen LogP contribution in [0, 0.1) is 17.0 Å². The minimum Gasteiger partial charge on any atom is -0.468 e. The molecule has 2 aliphatic carbocycles. The smallest absolute Gasteiger partial charge is 0.324 e. The largest absolute Gasteiger partial charge is 0.468 e. The minimum absolute atomic E-state index is 0.116.